The van der Waals surface area contributed by atoms with Gasteiger partial charge in [0, 0.05) is 5.56 Å². The number of alkyl halides is 3. The van der Waals surface area contributed by atoms with E-state index in [4.69, 9.17) is 0 Å². The fourth-order valence-corrected chi connectivity index (χ4v) is 1.21. The summed E-state index contributed by atoms with van der Waals surface area (Å²) in [6.07, 6.45) is -4.69. The third-order valence-electron chi connectivity index (χ3n) is 1.85. The maximum absolute atomic E-state index is 11.9. The first-order valence-electron chi connectivity index (χ1n) is 4.54. The van der Waals surface area contributed by atoms with Crippen LogP contribution in [0, 0.1) is 0 Å². The van der Waals surface area contributed by atoms with Gasteiger partial charge in [0.15, 0.2) is 0 Å². The molecule has 0 aliphatic carbocycles. The lowest BCUT2D eigenvalue weighted by molar-refractivity contribution is -0.274. The molecule has 0 aliphatic rings. The molecule has 2 rings (SSSR count). The molecule has 0 N–H and O–H groups in total. The lowest BCUT2D eigenvalue weighted by Gasteiger charge is -2.08. The van der Waals surface area contributed by atoms with Crippen molar-refractivity contribution in [1.82, 2.24) is 20.2 Å². The van der Waals surface area contributed by atoms with Crippen molar-refractivity contribution in [2.45, 2.75) is 6.36 Å². The van der Waals surface area contributed by atoms with E-state index in [9.17, 15) is 13.2 Å². The quantitative estimate of drug-likeness (QED) is 0.807. The van der Waals surface area contributed by atoms with Gasteiger partial charge in [0.05, 0.1) is 7.05 Å². The Balaban J connectivity index is 2.19. The van der Waals surface area contributed by atoms with E-state index in [1.54, 1.807) is 7.05 Å². The van der Waals surface area contributed by atoms with E-state index in [1.807, 2.05) is 0 Å². The van der Waals surface area contributed by atoms with Crippen molar-refractivity contribution in [2.75, 3.05) is 0 Å². The third-order valence-corrected chi connectivity index (χ3v) is 1.85. The van der Waals surface area contributed by atoms with Crippen LogP contribution in [-0.4, -0.2) is 26.6 Å². The molecule has 0 radical (unpaired) electrons. The van der Waals surface area contributed by atoms with Crippen molar-refractivity contribution in [3.63, 3.8) is 0 Å². The molecule has 0 spiro atoms. The van der Waals surface area contributed by atoms with Crippen LogP contribution in [0.4, 0.5) is 13.2 Å². The number of nitrogens with zero attached hydrogens (tertiary/aromatic N) is 4. The molecule has 0 unspecified atom stereocenters. The highest BCUT2D eigenvalue weighted by atomic mass is 19.4. The molecule has 0 saturated heterocycles. The molecule has 0 atom stereocenters. The van der Waals surface area contributed by atoms with Crippen molar-refractivity contribution < 1.29 is 17.9 Å². The molecule has 17 heavy (non-hydrogen) atoms. The van der Waals surface area contributed by atoms with Gasteiger partial charge < -0.3 is 4.74 Å². The number of hydrogen-bond donors (Lipinski definition) is 0. The van der Waals surface area contributed by atoms with E-state index < -0.39 is 6.36 Å². The van der Waals surface area contributed by atoms with Crippen LogP contribution in [0.15, 0.2) is 24.3 Å². The van der Waals surface area contributed by atoms with Crippen LogP contribution in [0.5, 0.6) is 5.75 Å². The highest BCUT2D eigenvalue weighted by Gasteiger charge is 2.30. The molecule has 1 aromatic heterocycles. The first-order chi connectivity index (χ1) is 7.94. The van der Waals surface area contributed by atoms with Crippen molar-refractivity contribution in [3.8, 4) is 17.1 Å². The number of hydrogen-bond acceptors (Lipinski definition) is 4. The Morgan fingerprint density at radius 3 is 2.29 bits per heavy atom. The minimum atomic E-state index is -4.69. The fourth-order valence-electron chi connectivity index (χ4n) is 1.21. The molecular weight excluding hydrogens is 237 g/mol. The summed E-state index contributed by atoms with van der Waals surface area (Å²) in [5.74, 6) is 0.0520. The summed E-state index contributed by atoms with van der Waals surface area (Å²) in [7, 11) is 1.59. The fraction of sp³-hybridized carbons (Fsp3) is 0.222. The average Bonchev–Trinajstić information content (AvgIpc) is 2.63. The maximum atomic E-state index is 11.9. The van der Waals surface area contributed by atoms with E-state index in [0.29, 0.717) is 11.4 Å². The first-order valence-corrected chi connectivity index (χ1v) is 4.54. The van der Waals surface area contributed by atoms with E-state index in [2.05, 4.69) is 20.1 Å². The molecule has 0 bridgehead atoms. The second-order valence-corrected chi connectivity index (χ2v) is 3.17. The predicted molar refractivity (Wildman–Crippen MR) is 50.9 cm³/mol. The number of rotatable bonds is 2. The van der Waals surface area contributed by atoms with Gasteiger partial charge >= 0.3 is 6.36 Å². The van der Waals surface area contributed by atoms with Gasteiger partial charge in [-0.3, -0.25) is 0 Å². The van der Waals surface area contributed by atoms with E-state index in [0.717, 1.165) is 0 Å². The van der Waals surface area contributed by atoms with Crippen molar-refractivity contribution >= 4 is 0 Å². The number of ether oxygens (including phenoxy) is 1. The van der Waals surface area contributed by atoms with E-state index in [-0.39, 0.29) is 5.75 Å². The SMILES string of the molecule is Cn1nnc(-c2ccc(OC(F)(F)F)cc2)n1. The van der Waals surface area contributed by atoms with Crippen LogP contribution in [0.2, 0.25) is 0 Å². The second kappa shape index (κ2) is 4.04. The topological polar surface area (TPSA) is 52.8 Å². The minimum Gasteiger partial charge on any atom is -0.406 e. The van der Waals surface area contributed by atoms with Gasteiger partial charge in [0.2, 0.25) is 5.82 Å². The largest absolute Gasteiger partial charge is 0.573 e. The number of halogens is 3. The van der Waals surface area contributed by atoms with Gasteiger partial charge in [-0.2, -0.15) is 4.80 Å². The Labute approximate surface area is 93.8 Å². The first kappa shape index (κ1) is 11.4. The molecule has 0 amide bonds. The van der Waals surface area contributed by atoms with Crippen LogP contribution in [-0.2, 0) is 7.05 Å². The molecule has 2 aromatic rings. The molecule has 5 nitrogen and oxygen atoms in total. The average molecular weight is 244 g/mol. The number of aryl methyl sites for hydroxylation is 1. The van der Waals surface area contributed by atoms with Crippen molar-refractivity contribution in [2.24, 2.45) is 7.05 Å². The Morgan fingerprint density at radius 1 is 1.18 bits per heavy atom. The molecule has 0 fully saturated rings. The van der Waals surface area contributed by atoms with E-state index in [1.165, 1.54) is 29.1 Å². The molecule has 0 aliphatic heterocycles. The van der Waals surface area contributed by atoms with Crippen LogP contribution in [0.1, 0.15) is 0 Å². The smallest absolute Gasteiger partial charge is 0.406 e. The standard InChI is InChI=1S/C9H7F3N4O/c1-16-14-8(13-15-16)6-2-4-7(5-3-6)17-9(10,11)12/h2-5H,1H3. The molecule has 8 heteroatoms. The maximum Gasteiger partial charge on any atom is 0.573 e. The monoisotopic (exact) mass is 244 g/mol. The van der Waals surface area contributed by atoms with Gasteiger partial charge in [-0.25, -0.2) is 0 Å². The van der Waals surface area contributed by atoms with Gasteiger partial charge in [-0.05, 0) is 29.5 Å². The van der Waals surface area contributed by atoms with Crippen LogP contribution in [0.25, 0.3) is 11.4 Å². The summed E-state index contributed by atoms with van der Waals surface area (Å²) < 4.78 is 39.5. The summed E-state index contributed by atoms with van der Waals surface area (Å²) in [4.78, 5) is 1.26. The zero-order valence-corrected chi connectivity index (χ0v) is 8.64. The van der Waals surface area contributed by atoms with Gasteiger partial charge in [-0.1, -0.05) is 0 Å². The molecule has 1 heterocycles. The number of benzene rings is 1. The molecule has 0 saturated carbocycles. The molecule has 1 aromatic carbocycles. The molecule has 90 valence electrons. The Hall–Kier alpha value is -2.12. The highest BCUT2D eigenvalue weighted by Crippen LogP contribution is 2.24. The number of tetrazole rings is 1. The summed E-state index contributed by atoms with van der Waals surface area (Å²) in [5.41, 5.74) is 0.563. The summed E-state index contributed by atoms with van der Waals surface area (Å²) in [6.45, 7) is 0. The predicted octanol–water partition coefficient (Wildman–Crippen LogP) is 1.78. The van der Waals surface area contributed by atoms with Crippen molar-refractivity contribution in [1.29, 1.82) is 0 Å². The van der Waals surface area contributed by atoms with Gasteiger partial charge in [0.1, 0.15) is 5.75 Å². The Kier molecular flexibility index (Phi) is 2.70. The summed E-state index contributed by atoms with van der Waals surface area (Å²) >= 11 is 0. The second-order valence-electron chi connectivity index (χ2n) is 3.17. The Morgan fingerprint density at radius 2 is 1.82 bits per heavy atom. The van der Waals surface area contributed by atoms with Gasteiger partial charge in [-0.15, -0.1) is 23.4 Å². The van der Waals surface area contributed by atoms with Gasteiger partial charge in [0.25, 0.3) is 0 Å². The summed E-state index contributed by atoms with van der Waals surface area (Å²) in [6, 6.07) is 5.24. The van der Waals surface area contributed by atoms with Crippen molar-refractivity contribution in [3.05, 3.63) is 24.3 Å². The van der Waals surface area contributed by atoms with Crippen LogP contribution >= 0.6 is 0 Å². The molecular formula is C9H7F3N4O. The zero-order chi connectivity index (χ0) is 12.5. The third kappa shape index (κ3) is 2.92. The minimum absolute atomic E-state index is 0.287. The van der Waals surface area contributed by atoms with E-state index >= 15 is 0 Å². The lowest BCUT2D eigenvalue weighted by Crippen LogP contribution is -2.16. The van der Waals surface area contributed by atoms with Crippen LogP contribution in [0.3, 0.4) is 0 Å². The summed E-state index contributed by atoms with van der Waals surface area (Å²) in [5, 5.41) is 11.3. The van der Waals surface area contributed by atoms with Crippen LogP contribution < -0.4 is 4.74 Å². The Bertz CT molecular complexity index is 506. The normalized spacial score (nSPS) is 11.5. The number of aromatic nitrogens is 4. The lowest BCUT2D eigenvalue weighted by atomic mass is 10.2. The zero-order valence-electron chi connectivity index (χ0n) is 8.64. The highest BCUT2D eigenvalue weighted by molar-refractivity contribution is 5.55.